The number of nitrogens with one attached hydrogen (secondary N) is 1. The molecule has 2 aliphatic heterocycles. The fourth-order valence-corrected chi connectivity index (χ4v) is 4.52. The average molecular weight is 249 g/mol. The number of hydrogen-bond donors (Lipinski definition) is 1. The maximum Gasteiger partial charge on any atom is 0.136 e. The van der Waals surface area contributed by atoms with Crippen LogP contribution >= 0.6 is 0 Å². The quantitative estimate of drug-likeness (QED) is 0.831. The Kier molecular flexibility index (Phi) is 3.74. The minimum absolute atomic E-state index is 0.404. The van der Waals surface area contributed by atoms with E-state index >= 15 is 0 Å². The fraction of sp³-hybridized carbons (Fsp3) is 0.938. The number of hydrogen-bond acceptors (Lipinski definition) is 2. The molecule has 18 heavy (non-hydrogen) atoms. The Morgan fingerprint density at radius 1 is 1.06 bits per heavy atom. The van der Waals surface area contributed by atoms with E-state index < -0.39 is 0 Å². The Bertz CT molecular complexity index is 302. The maximum atomic E-state index is 12.4. The monoisotopic (exact) mass is 249 g/mol. The molecule has 0 spiro atoms. The molecule has 3 aliphatic rings. The molecule has 0 aromatic heterocycles. The van der Waals surface area contributed by atoms with Crippen LogP contribution < -0.4 is 5.32 Å². The predicted octanol–water partition coefficient (Wildman–Crippen LogP) is 3.30. The van der Waals surface area contributed by atoms with Crippen LogP contribution in [0, 0.1) is 17.8 Å². The highest BCUT2D eigenvalue weighted by Crippen LogP contribution is 2.35. The molecule has 1 N–H and O–H groups in total. The second-order valence-corrected chi connectivity index (χ2v) is 7.11. The summed E-state index contributed by atoms with van der Waals surface area (Å²) < 4.78 is 0. The number of ketones is 1. The zero-order valence-corrected chi connectivity index (χ0v) is 11.7. The van der Waals surface area contributed by atoms with Crippen molar-refractivity contribution in [2.24, 2.45) is 17.8 Å². The summed E-state index contributed by atoms with van der Waals surface area (Å²) in [5, 5.41) is 3.67. The van der Waals surface area contributed by atoms with E-state index in [0.29, 0.717) is 17.6 Å². The number of piperidine rings is 1. The van der Waals surface area contributed by atoms with Gasteiger partial charge in [0, 0.05) is 24.4 Å². The molecule has 2 heteroatoms. The van der Waals surface area contributed by atoms with Crippen molar-refractivity contribution < 1.29 is 4.79 Å². The number of rotatable bonds is 3. The van der Waals surface area contributed by atoms with Gasteiger partial charge in [0.05, 0.1) is 0 Å². The standard InChI is InChI=1S/C16H27NO/c1-11-3-2-4-13(7-11)16(18)10-12-8-14-5-6-15(9-12)17-14/h11-15,17H,2-10H2,1H3. The van der Waals surface area contributed by atoms with E-state index in [4.69, 9.17) is 0 Å². The topological polar surface area (TPSA) is 29.1 Å². The molecule has 2 nitrogen and oxygen atoms in total. The Morgan fingerprint density at radius 3 is 2.44 bits per heavy atom. The van der Waals surface area contributed by atoms with E-state index in [2.05, 4.69) is 12.2 Å². The summed E-state index contributed by atoms with van der Waals surface area (Å²) >= 11 is 0. The van der Waals surface area contributed by atoms with Gasteiger partial charge in [0.25, 0.3) is 0 Å². The third-order valence-corrected chi connectivity index (χ3v) is 5.45. The molecule has 2 bridgehead atoms. The summed E-state index contributed by atoms with van der Waals surface area (Å²) in [7, 11) is 0. The molecule has 0 aromatic carbocycles. The van der Waals surface area contributed by atoms with E-state index in [9.17, 15) is 4.79 Å². The van der Waals surface area contributed by atoms with E-state index in [0.717, 1.165) is 30.8 Å². The van der Waals surface area contributed by atoms with Crippen molar-refractivity contribution in [3.05, 3.63) is 0 Å². The number of fused-ring (bicyclic) bond motifs is 2. The molecule has 0 aromatic rings. The van der Waals surface area contributed by atoms with Gasteiger partial charge in [0.2, 0.25) is 0 Å². The Balaban J connectivity index is 1.51. The molecular formula is C16H27NO. The van der Waals surface area contributed by atoms with Gasteiger partial charge in [-0.3, -0.25) is 4.79 Å². The molecule has 2 heterocycles. The van der Waals surface area contributed by atoms with E-state index in [-0.39, 0.29) is 0 Å². The van der Waals surface area contributed by atoms with Crippen LogP contribution in [0.2, 0.25) is 0 Å². The van der Waals surface area contributed by atoms with Crippen LogP contribution in [0.4, 0.5) is 0 Å². The third-order valence-electron chi connectivity index (χ3n) is 5.45. The first-order valence-corrected chi connectivity index (χ1v) is 7.99. The van der Waals surface area contributed by atoms with Gasteiger partial charge < -0.3 is 5.32 Å². The van der Waals surface area contributed by atoms with Crippen molar-refractivity contribution in [2.45, 2.75) is 76.8 Å². The fourth-order valence-electron chi connectivity index (χ4n) is 4.52. The minimum atomic E-state index is 0.404. The summed E-state index contributed by atoms with van der Waals surface area (Å²) in [4.78, 5) is 12.4. The van der Waals surface area contributed by atoms with Gasteiger partial charge in [0.1, 0.15) is 5.78 Å². The lowest BCUT2D eigenvalue weighted by Gasteiger charge is -2.31. The van der Waals surface area contributed by atoms with E-state index in [1.165, 1.54) is 44.9 Å². The van der Waals surface area contributed by atoms with Gasteiger partial charge >= 0.3 is 0 Å². The second-order valence-electron chi connectivity index (χ2n) is 7.11. The molecular weight excluding hydrogens is 222 g/mol. The summed E-state index contributed by atoms with van der Waals surface area (Å²) in [6.07, 6.45) is 11.0. The molecule has 3 fully saturated rings. The van der Waals surface area contributed by atoms with Crippen molar-refractivity contribution >= 4 is 5.78 Å². The molecule has 4 unspecified atom stereocenters. The van der Waals surface area contributed by atoms with Crippen molar-refractivity contribution in [2.75, 3.05) is 0 Å². The Labute approximate surface area is 111 Å². The number of carbonyl (C=O) groups is 1. The largest absolute Gasteiger partial charge is 0.311 e. The van der Waals surface area contributed by atoms with Crippen LogP contribution in [0.1, 0.15) is 64.7 Å². The second kappa shape index (κ2) is 5.32. The zero-order valence-electron chi connectivity index (χ0n) is 11.7. The highest BCUT2D eigenvalue weighted by Gasteiger charge is 2.35. The normalized spacial score (nSPS) is 43.9. The highest BCUT2D eigenvalue weighted by molar-refractivity contribution is 5.81. The molecule has 3 rings (SSSR count). The van der Waals surface area contributed by atoms with Crippen LogP contribution in [0.3, 0.4) is 0 Å². The summed E-state index contributed by atoms with van der Waals surface area (Å²) in [6, 6.07) is 1.46. The van der Waals surface area contributed by atoms with Gasteiger partial charge in [0.15, 0.2) is 0 Å². The van der Waals surface area contributed by atoms with Crippen LogP contribution in [-0.2, 0) is 4.79 Å². The van der Waals surface area contributed by atoms with Gasteiger partial charge in [-0.1, -0.05) is 19.8 Å². The van der Waals surface area contributed by atoms with Crippen molar-refractivity contribution in [1.82, 2.24) is 5.32 Å². The lowest BCUT2D eigenvalue weighted by molar-refractivity contribution is -0.125. The van der Waals surface area contributed by atoms with Gasteiger partial charge in [-0.2, -0.15) is 0 Å². The highest BCUT2D eigenvalue weighted by atomic mass is 16.1. The first kappa shape index (κ1) is 12.7. The molecule has 1 saturated carbocycles. The molecule has 4 atom stereocenters. The molecule has 102 valence electrons. The minimum Gasteiger partial charge on any atom is -0.311 e. The zero-order chi connectivity index (χ0) is 12.5. The van der Waals surface area contributed by atoms with Gasteiger partial charge in [-0.05, 0) is 50.4 Å². The van der Waals surface area contributed by atoms with Gasteiger partial charge in [-0.15, -0.1) is 0 Å². The molecule has 0 amide bonds. The smallest absolute Gasteiger partial charge is 0.136 e. The van der Waals surface area contributed by atoms with Crippen LogP contribution in [-0.4, -0.2) is 17.9 Å². The summed E-state index contributed by atoms with van der Waals surface area (Å²) in [6.45, 7) is 2.31. The lowest BCUT2D eigenvalue weighted by atomic mass is 9.77. The van der Waals surface area contributed by atoms with Crippen LogP contribution in [0.15, 0.2) is 0 Å². The first-order valence-electron chi connectivity index (χ1n) is 7.99. The molecule has 0 radical (unpaired) electrons. The van der Waals surface area contributed by atoms with Crippen molar-refractivity contribution in [1.29, 1.82) is 0 Å². The molecule has 1 aliphatic carbocycles. The van der Waals surface area contributed by atoms with Crippen molar-refractivity contribution in [3.8, 4) is 0 Å². The SMILES string of the molecule is CC1CCCC(C(=O)CC2CC3CCC(C2)N3)C1. The van der Waals surface area contributed by atoms with E-state index in [1.807, 2.05) is 0 Å². The Morgan fingerprint density at radius 2 is 1.78 bits per heavy atom. The van der Waals surface area contributed by atoms with Crippen LogP contribution in [0.25, 0.3) is 0 Å². The van der Waals surface area contributed by atoms with Crippen molar-refractivity contribution in [3.63, 3.8) is 0 Å². The average Bonchev–Trinajstić information content (AvgIpc) is 2.69. The van der Waals surface area contributed by atoms with E-state index in [1.54, 1.807) is 0 Å². The summed E-state index contributed by atoms with van der Waals surface area (Å²) in [5.41, 5.74) is 0. The number of carbonyl (C=O) groups excluding carboxylic acids is 1. The maximum absolute atomic E-state index is 12.4. The first-order chi connectivity index (χ1) is 8.70. The van der Waals surface area contributed by atoms with Crippen LogP contribution in [0.5, 0.6) is 0 Å². The summed E-state index contributed by atoms with van der Waals surface area (Å²) in [5.74, 6) is 2.46. The molecule has 2 saturated heterocycles. The van der Waals surface area contributed by atoms with Gasteiger partial charge in [-0.25, -0.2) is 0 Å². The lowest BCUT2D eigenvalue weighted by Crippen LogP contribution is -2.39. The number of Topliss-reactive ketones (excluding diaryl/α,β-unsaturated/α-hetero) is 1. The predicted molar refractivity (Wildman–Crippen MR) is 73.4 cm³/mol. The third kappa shape index (κ3) is 2.79. The Hall–Kier alpha value is -0.370.